The van der Waals surface area contributed by atoms with Crippen molar-refractivity contribution in [3.63, 3.8) is 0 Å². The van der Waals surface area contributed by atoms with Crippen LogP contribution in [0.3, 0.4) is 0 Å². The first-order valence-corrected chi connectivity index (χ1v) is 10.1. The van der Waals surface area contributed by atoms with Crippen LogP contribution in [0.25, 0.3) is 6.08 Å². The molecule has 1 aliphatic carbocycles. The van der Waals surface area contributed by atoms with E-state index >= 15 is 0 Å². The first kappa shape index (κ1) is 20.2. The first-order chi connectivity index (χ1) is 14.3. The highest BCUT2D eigenvalue weighted by atomic mass is 16.6. The Morgan fingerprint density at radius 3 is 2.73 bits per heavy atom. The van der Waals surface area contributed by atoms with Crippen LogP contribution in [0.2, 0.25) is 0 Å². The minimum absolute atomic E-state index is 0.0355. The molecule has 5 nitrogen and oxygen atoms in total. The highest BCUT2D eigenvalue weighted by Crippen LogP contribution is 2.55. The second-order valence-corrected chi connectivity index (χ2v) is 8.16. The number of carbonyl (C=O) groups excluding carboxylic acids is 1. The van der Waals surface area contributed by atoms with Crippen LogP contribution in [0.4, 0.5) is 0 Å². The molecule has 0 bridgehead atoms. The van der Waals surface area contributed by atoms with Crippen LogP contribution in [-0.4, -0.2) is 28.9 Å². The van der Waals surface area contributed by atoms with Gasteiger partial charge in [-0.1, -0.05) is 48.1 Å². The van der Waals surface area contributed by atoms with Crippen LogP contribution in [0.5, 0.6) is 17.2 Å². The lowest BCUT2D eigenvalue weighted by atomic mass is 9.70. The van der Waals surface area contributed by atoms with Gasteiger partial charge < -0.3 is 19.7 Å². The number of phenols is 1. The quantitative estimate of drug-likeness (QED) is 0.432. The average molecular weight is 406 g/mol. The molecule has 5 heteroatoms. The lowest BCUT2D eigenvalue weighted by molar-refractivity contribution is -0.179. The zero-order valence-corrected chi connectivity index (χ0v) is 17.4. The van der Waals surface area contributed by atoms with Crippen LogP contribution in [0, 0.1) is 5.92 Å². The number of benzene rings is 2. The summed E-state index contributed by atoms with van der Waals surface area (Å²) in [6, 6.07) is 10.9. The van der Waals surface area contributed by atoms with Gasteiger partial charge in [-0.25, -0.2) is 0 Å². The topological polar surface area (TPSA) is 76.0 Å². The number of aliphatic hydroxyl groups is 1. The Balaban J connectivity index is 1.86. The van der Waals surface area contributed by atoms with Gasteiger partial charge in [-0.2, -0.15) is 0 Å². The van der Waals surface area contributed by atoms with Crippen molar-refractivity contribution in [1.29, 1.82) is 0 Å². The molecule has 2 N–H and O–H groups in total. The zero-order valence-electron chi connectivity index (χ0n) is 17.4. The molecule has 0 saturated heterocycles. The molecule has 0 radical (unpaired) electrons. The van der Waals surface area contributed by atoms with Crippen molar-refractivity contribution in [3.05, 3.63) is 70.8 Å². The van der Waals surface area contributed by atoms with Gasteiger partial charge >= 0.3 is 0 Å². The molecule has 0 spiro atoms. The Hall–Kier alpha value is -3.05. The maximum atomic E-state index is 13.1. The minimum Gasteiger partial charge on any atom is -0.507 e. The molecule has 30 heavy (non-hydrogen) atoms. The largest absolute Gasteiger partial charge is 0.507 e. The number of fused-ring (bicyclic) bond motifs is 3. The highest BCUT2D eigenvalue weighted by molar-refractivity contribution is 6.11. The van der Waals surface area contributed by atoms with Crippen LogP contribution >= 0.6 is 0 Å². The van der Waals surface area contributed by atoms with Crippen molar-refractivity contribution >= 4 is 11.9 Å². The molecule has 2 aromatic rings. The fourth-order valence-electron chi connectivity index (χ4n) is 4.52. The fourth-order valence-corrected chi connectivity index (χ4v) is 4.52. The standard InChI is InChI=1S/C25H26O5/c1-15-9-11-18-17(13-15)22-21(29-3)14-20(27)23(24(22)30-25(18,2)28)19(26)12-10-16-7-5-4-6-8-16/h4-8,10,12-14,17-18,27-28H,9,11H2,1-3H3/b12-10+. The Labute approximate surface area is 176 Å². The summed E-state index contributed by atoms with van der Waals surface area (Å²) in [4.78, 5) is 13.1. The number of rotatable bonds is 4. The van der Waals surface area contributed by atoms with Crippen molar-refractivity contribution < 1.29 is 24.5 Å². The molecular formula is C25H26O5. The Morgan fingerprint density at radius 2 is 2.03 bits per heavy atom. The first-order valence-electron chi connectivity index (χ1n) is 10.1. The van der Waals surface area contributed by atoms with E-state index in [9.17, 15) is 15.0 Å². The van der Waals surface area contributed by atoms with Gasteiger partial charge in [0.05, 0.1) is 7.11 Å². The van der Waals surface area contributed by atoms with Crippen molar-refractivity contribution in [2.24, 2.45) is 5.92 Å². The lowest BCUT2D eigenvalue weighted by Crippen LogP contribution is -2.48. The fraction of sp³-hybridized carbons (Fsp3) is 0.320. The third-order valence-corrected chi connectivity index (χ3v) is 6.03. The molecule has 1 heterocycles. The van der Waals surface area contributed by atoms with Gasteiger partial charge in [0.1, 0.15) is 22.8 Å². The molecule has 0 saturated carbocycles. The van der Waals surface area contributed by atoms with E-state index in [1.54, 1.807) is 13.0 Å². The Kier molecular flexibility index (Phi) is 5.16. The number of aromatic hydroxyl groups is 1. The number of allylic oxidation sites excluding steroid dienone is 3. The van der Waals surface area contributed by atoms with E-state index in [1.807, 2.05) is 30.3 Å². The van der Waals surface area contributed by atoms with E-state index in [2.05, 4.69) is 13.0 Å². The van der Waals surface area contributed by atoms with Gasteiger partial charge in [-0.05, 0) is 31.4 Å². The lowest BCUT2D eigenvalue weighted by Gasteiger charge is -2.45. The summed E-state index contributed by atoms with van der Waals surface area (Å²) in [7, 11) is 1.52. The number of hydrogen-bond donors (Lipinski definition) is 2. The number of carbonyl (C=O) groups is 1. The Bertz CT molecular complexity index is 1030. The molecule has 4 rings (SSSR count). The number of ketones is 1. The molecule has 1 aliphatic heterocycles. The number of ether oxygens (including phenoxy) is 2. The third kappa shape index (κ3) is 3.50. The molecule has 3 unspecified atom stereocenters. The van der Waals surface area contributed by atoms with Gasteiger partial charge in [0, 0.05) is 30.4 Å². The van der Waals surface area contributed by atoms with Gasteiger partial charge in [0.15, 0.2) is 5.78 Å². The van der Waals surface area contributed by atoms with Crippen molar-refractivity contribution in [2.75, 3.05) is 7.11 Å². The normalized spacial score (nSPS) is 25.1. The maximum absolute atomic E-state index is 13.1. The Morgan fingerprint density at radius 1 is 1.30 bits per heavy atom. The van der Waals surface area contributed by atoms with Gasteiger partial charge in [0.2, 0.25) is 5.79 Å². The summed E-state index contributed by atoms with van der Waals surface area (Å²) < 4.78 is 11.5. The average Bonchev–Trinajstić information content (AvgIpc) is 2.71. The predicted molar refractivity (Wildman–Crippen MR) is 115 cm³/mol. The summed E-state index contributed by atoms with van der Waals surface area (Å²) in [5, 5.41) is 21.7. The zero-order chi connectivity index (χ0) is 21.5. The van der Waals surface area contributed by atoms with E-state index in [4.69, 9.17) is 9.47 Å². The van der Waals surface area contributed by atoms with E-state index in [1.165, 1.54) is 24.8 Å². The second-order valence-electron chi connectivity index (χ2n) is 8.16. The highest BCUT2D eigenvalue weighted by Gasteiger charge is 2.48. The monoisotopic (exact) mass is 406 g/mol. The molecule has 3 atom stereocenters. The number of methoxy groups -OCH3 is 1. The molecule has 2 aliphatic rings. The summed E-state index contributed by atoms with van der Waals surface area (Å²) in [5.41, 5.74) is 2.81. The van der Waals surface area contributed by atoms with Crippen molar-refractivity contribution in [1.82, 2.24) is 0 Å². The molecule has 0 fully saturated rings. The molecule has 0 aromatic heterocycles. The van der Waals surface area contributed by atoms with Crippen LogP contribution in [0.15, 0.2) is 54.1 Å². The van der Waals surface area contributed by atoms with Crippen LogP contribution < -0.4 is 9.47 Å². The van der Waals surface area contributed by atoms with Gasteiger partial charge in [0.25, 0.3) is 0 Å². The van der Waals surface area contributed by atoms with E-state index < -0.39 is 11.6 Å². The predicted octanol–water partition coefficient (Wildman–Crippen LogP) is 4.84. The molecule has 156 valence electrons. The SMILES string of the molecule is COc1cc(O)c(C(=O)/C=C/c2ccccc2)c2c1C1C=C(C)CCC1C(C)(O)O2. The summed E-state index contributed by atoms with van der Waals surface area (Å²) in [6.07, 6.45) is 6.84. The number of hydrogen-bond acceptors (Lipinski definition) is 5. The molecule has 2 aromatic carbocycles. The third-order valence-electron chi connectivity index (χ3n) is 6.03. The minimum atomic E-state index is -1.47. The van der Waals surface area contributed by atoms with E-state index in [-0.39, 0.29) is 28.9 Å². The van der Waals surface area contributed by atoms with Gasteiger partial charge in [-0.15, -0.1) is 0 Å². The van der Waals surface area contributed by atoms with Crippen LogP contribution in [-0.2, 0) is 0 Å². The molecular weight excluding hydrogens is 380 g/mol. The summed E-state index contributed by atoms with van der Waals surface area (Å²) in [6.45, 7) is 3.67. The van der Waals surface area contributed by atoms with E-state index in [0.29, 0.717) is 11.3 Å². The van der Waals surface area contributed by atoms with Crippen molar-refractivity contribution in [3.8, 4) is 17.2 Å². The smallest absolute Gasteiger partial charge is 0.209 e. The summed E-state index contributed by atoms with van der Waals surface area (Å²) >= 11 is 0. The van der Waals surface area contributed by atoms with Crippen molar-refractivity contribution in [2.45, 2.75) is 38.4 Å². The van der Waals surface area contributed by atoms with E-state index in [0.717, 1.165) is 18.4 Å². The summed E-state index contributed by atoms with van der Waals surface area (Å²) in [5.74, 6) is -1.81. The number of phenolic OH excluding ortho intramolecular Hbond substituents is 1. The maximum Gasteiger partial charge on any atom is 0.209 e. The molecule has 0 amide bonds. The van der Waals surface area contributed by atoms with Crippen LogP contribution in [0.1, 0.15) is 54.1 Å². The second kappa shape index (κ2) is 7.65. The van der Waals surface area contributed by atoms with Gasteiger partial charge in [-0.3, -0.25) is 4.79 Å².